The molecule has 0 fully saturated rings. The molecule has 0 aliphatic heterocycles. The van der Waals surface area contributed by atoms with Crippen LogP contribution in [0.2, 0.25) is 0 Å². The van der Waals surface area contributed by atoms with E-state index in [4.69, 9.17) is 0 Å². The van der Waals surface area contributed by atoms with E-state index in [2.05, 4.69) is 8.92 Å². The number of rotatable bonds is 4. The van der Waals surface area contributed by atoms with Crippen molar-refractivity contribution in [2.24, 2.45) is 0 Å². The van der Waals surface area contributed by atoms with Crippen LogP contribution in [0.25, 0.3) is 0 Å². The van der Waals surface area contributed by atoms with Gasteiger partial charge in [-0.05, 0) is 19.1 Å². The average Bonchev–Trinajstić information content (AvgIpc) is 2.17. The van der Waals surface area contributed by atoms with Gasteiger partial charge in [0.1, 0.15) is 5.75 Å². The second kappa shape index (κ2) is 7.35. The molecule has 90 valence electrons. The van der Waals surface area contributed by atoms with Crippen LogP contribution in [0.3, 0.4) is 0 Å². The van der Waals surface area contributed by atoms with Crippen LogP contribution in [0.1, 0.15) is 6.92 Å². The van der Waals surface area contributed by atoms with Crippen LogP contribution in [0.4, 0.5) is 4.79 Å². The topological polar surface area (TPSA) is 81.7 Å². The van der Waals surface area contributed by atoms with Gasteiger partial charge in [-0.15, -0.1) is 0 Å². The Balaban J connectivity index is 0.00000256. The number of benzene rings is 1. The first kappa shape index (κ1) is 16.0. The van der Waals surface area contributed by atoms with E-state index in [1.807, 2.05) is 0 Å². The molecular formula is C9H12LiNO5S. The maximum atomic E-state index is 11.1. The Morgan fingerprint density at radius 1 is 1.29 bits per heavy atom. The summed E-state index contributed by atoms with van der Waals surface area (Å²) < 4.78 is 32.6. The van der Waals surface area contributed by atoms with Crippen molar-refractivity contribution in [3.05, 3.63) is 30.3 Å². The van der Waals surface area contributed by atoms with E-state index in [9.17, 15) is 13.2 Å². The molecule has 0 spiro atoms. The number of nitrogens with one attached hydrogen (secondary N) is 1. The summed E-state index contributed by atoms with van der Waals surface area (Å²) in [4.78, 5) is 11.1. The maximum absolute atomic E-state index is 11.1. The third kappa shape index (κ3) is 6.34. The average molecular weight is 253 g/mol. The van der Waals surface area contributed by atoms with Gasteiger partial charge >= 0.3 is 35.3 Å². The second-order valence-corrected chi connectivity index (χ2v) is 4.01. The number of amides is 1. The van der Waals surface area contributed by atoms with Crippen molar-refractivity contribution in [1.29, 1.82) is 0 Å². The van der Waals surface area contributed by atoms with Crippen LogP contribution in [0.5, 0.6) is 5.75 Å². The first-order valence-corrected chi connectivity index (χ1v) is 5.88. The van der Waals surface area contributed by atoms with Gasteiger partial charge in [0.15, 0.2) is 0 Å². The van der Waals surface area contributed by atoms with E-state index < -0.39 is 16.4 Å². The monoisotopic (exact) mass is 253 g/mol. The van der Waals surface area contributed by atoms with Crippen LogP contribution < -0.4 is 9.46 Å². The van der Waals surface area contributed by atoms with Crippen molar-refractivity contribution >= 4 is 35.3 Å². The van der Waals surface area contributed by atoms with Gasteiger partial charge in [-0.1, -0.05) is 18.2 Å². The molecule has 0 heterocycles. The predicted octanol–water partition coefficient (Wildman–Crippen LogP) is 0.408. The van der Waals surface area contributed by atoms with Crippen molar-refractivity contribution in [2.45, 2.75) is 6.92 Å². The molecule has 17 heavy (non-hydrogen) atoms. The van der Waals surface area contributed by atoms with Gasteiger partial charge in [0.25, 0.3) is 0 Å². The Labute approximate surface area is 112 Å². The van der Waals surface area contributed by atoms with Crippen LogP contribution in [0.15, 0.2) is 30.3 Å². The molecule has 0 bridgehead atoms. The Kier molecular flexibility index (Phi) is 6.91. The molecular weight excluding hydrogens is 241 g/mol. The first-order chi connectivity index (χ1) is 7.53. The van der Waals surface area contributed by atoms with E-state index in [0.717, 1.165) is 0 Å². The fourth-order valence-corrected chi connectivity index (χ4v) is 1.52. The fourth-order valence-electron chi connectivity index (χ4n) is 0.903. The molecule has 1 aromatic carbocycles. The standard InChI is InChI=1S/C9H11NO5S.Li.H/c1-2-14-16(12,13)10-9(11)15-8-6-4-3-5-7-8;;/h3-7H,2H2,1H3,(H,10,11);;. The fraction of sp³-hybridized carbons (Fsp3) is 0.222. The molecule has 6 nitrogen and oxygen atoms in total. The van der Waals surface area contributed by atoms with E-state index >= 15 is 0 Å². The summed E-state index contributed by atoms with van der Waals surface area (Å²) in [5, 5.41) is 0. The summed E-state index contributed by atoms with van der Waals surface area (Å²) in [6.07, 6.45) is -1.11. The number of para-hydroxylation sites is 1. The summed E-state index contributed by atoms with van der Waals surface area (Å²) in [5.74, 6) is 0.242. The summed E-state index contributed by atoms with van der Waals surface area (Å²) in [7, 11) is -4.08. The SMILES string of the molecule is CCOS(=O)(=O)NC(=O)Oc1ccccc1.[LiH]. The second-order valence-electron chi connectivity index (χ2n) is 2.67. The summed E-state index contributed by atoms with van der Waals surface area (Å²) in [6, 6.07) is 8.08. The molecule has 0 saturated carbocycles. The molecule has 0 aromatic heterocycles. The third-order valence-electron chi connectivity index (χ3n) is 1.44. The molecule has 0 atom stereocenters. The molecule has 1 aromatic rings. The van der Waals surface area contributed by atoms with Gasteiger partial charge in [0.2, 0.25) is 0 Å². The Hall–Kier alpha value is -1.00. The molecule has 8 heteroatoms. The molecule has 0 saturated heterocycles. The Morgan fingerprint density at radius 2 is 1.88 bits per heavy atom. The van der Waals surface area contributed by atoms with Crippen LogP contribution in [-0.4, -0.2) is 40.0 Å². The molecule has 1 rings (SSSR count). The van der Waals surface area contributed by atoms with Gasteiger partial charge in [0, 0.05) is 0 Å². The third-order valence-corrected chi connectivity index (χ3v) is 2.40. The van der Waals surface area contributed by atoms with Gasteiger partial charge in [0.05, 0.1) is 6.61 Å². The van der Waals surface area contributed by atoms with E-state index in [0.29, 0.717) is 0 Å². The number of carbonyl (C=O) groups is 1. The van der Waals surface area contributed by atoms with Crippen LogP contribution in [0, 0.1) is 0 Å². The van der Waals surface area contributed by atoms with Crippen molar-refractivity contribution in [1.82, 2.24) is 4.72 Å². The van der Waals surface area contributed by atoms with Crippen LogP contribution in [-0.2, 0) is 14.5 Å². The summed E-state index contributed by atoms with van der Waals surface area (Å²) >= 11 is 0. The Bertz CT molecular complexity index is 448. The summed E-state index contributed by atoms with van der Waals surface area (Å²) in [5.41, 5.74) is 0. The van der Waals surface area contributed by atoms with Gasteiger partial charge in [-0.2, -0.15) is 13.1 Å². The minimum absolute atomic E-state index is 0. The van der Waals surface area contributed by atoms with E-state index in [1.54, 1.807) is 22.9 Å². The zero-order valence-corrected chi connectivity index (χ0v) is 9.36. The van der Waals surface area contributed by atoms with Gasteiger partial charge in [-0.25, -0.2) is 4.79 Å². The van der Waals surface area contributed by atoms with Crippen molar-refractivity contribution in [3.63, 3.8) is 0 Å². The van der Waals surface area contributed by atoms with Crippen molar-refractivity contribution in [3.8, 4) is 5.75 Å². The molecule has 1 N–H and O–H groups in total. The number of carbonyl (C=O) groups excluding carboxylic acids is 1. The van der Waals surface area contributed by atoms with Crippen LogP contribution >= 0.6 is 0 Å². The first-order valence-electron chi connectivity index (χ1n) is 4.47. The zero-order chi connectivity index (χ0) is 12.0. The number of hydrogen-bond acceptors (Lipinski definition) is 5. The normalized spacial score (nSPS) is 10.2. The van der Waals surface area contributed by atoms with Gasteiger partial charge < -0.3 is 4.74 Å². The molecule has 1 amide bonds. The number of ether oxygens (including phenoxy) is 1. The molecule has 0 aliphatic rings. The quantitative estimate of drug-likeness (QED) is 0.786. The summed E-state index contributed by atoms with van der Waals surface area (Å²) in [6.45, 7) is 1.43. The van der Waals surface area contributed by atoms with E-state index in [1.165, 1.54) is 19.1 Å². The zero-order valence-electron chi connectivity index (χ0n) is 8.54. The molecule has 0 unspecified atom stereocenters. The number of hydrogen-bond donors (Lipinski definition) is 1. The Morgan fingerprint density at radius 3 is 2.41 bits per heavy atom. The predicted molar refractivity (Wildman–Crippen MR) is 63.3 cm³/mol. The van der Waals surface area contributed by atoms with Crippen molar-refractivity contribution in [2.75, 3.05) is 6.61 Å². The van der Waals surface area contributed by atoms with Crippen molar-refractivity contribution < 1.29 is 22.1 Å². The molecule has 0 radical (unpaired) electrons. The van der Waals surface area contributed by atoms with Gasteiger partial charge in [-0.3, -0.25) is 4.18 Å². The molecule has 0 aliphatic carbocycles. The van der Waals surface area contributed by atoms with E-state index in [-0.39, 0.29) is 31.2 Å². The minimum atomic E-state index is -4.08.